The van der Waals surface area contributed by atoms with Crippen LogP contribution in [0.5, 0.6) is 5.75 Å². The lowest BCUT2D eigenvalue weighted by atomic mass is 10.0. The summed E-state index contributed by atoms with van der Waals surface area (Å²) < 4.78 is 10.4. The SMILES string of the molecule is COc1cc(COC(C)=O)ccc1NC(=O)[C@@H](CCCNC(N)=O)NC(=O)[C@H](NC(C)C)C(C)C. The fourth-order valence-corrected chi connectivity index (χ4v) is 3.31. The summed E-state index contributed by atoms with van der Waals surface area (Å²) in [5, 5.41) is 11.3. The number of ether oxygens (including phenoxy) is 2. The van der Waals surface area contributed by atoms with Crippen LogP contribution in [0.25, 0.3) is 0 Å². The van der Waals surface area contributed by atoms with Gasteiger partial charge in [0.05, 0.1) is 18.8 Å². The van der Waals surface area contributed by atoms with Gasteiger partial charge in [-0.1, -0.05) is 33.8 Å². The highest BCUT2D eigenvalue weighted by Crippen LogP contribution is 2.26. The molecule has 1 aromatic carbocycles. The molecule has 6 N–H and O–H groups in total. The van der Waals surface area contributed by atoms with Crippen molar-refractivity contribution in [2.24, 2.45) is 11.7 Å². The van der Waals surface area contributed by atoms with Crippen LogP contribution < -0.4 is 31.7 Å². The number of carbonyl (C=O) groups excluding carboxylic acids is 4. The third-order valence-electron chi connectivity index (χ3n) is 5.03. The number of methoxy groups -OCH3 is 1. The van der Waals surface area contributed by atoms with E-state index < -0.39 is 30.0 Å². The first-order valence-corrected chi connectivity index (χ1v) is 11.6. The Hall–Kier alpha value is -3.34. The van der Waals surface area contributed by atoms with E-state index in [-0.39, 0.29) is 37.4 Å². The molecule has 0 aromatic heterocycles. The average Bonchev–Trinajstić information content (AvgIpc) is 2.77. The van der Waals surface area contributed by atoms with Gasteiger partial charge in [0, 0.05) is 19.5 Å². The van der Waals surface area contributed by atoms with Gasteiger partial charge in [-0.15, -0.1) is 0 Å². The van der Waals surface area contributed by atoms with Gasteiger partial charge in [-0.05, 0) is 36.5 Å². The first kappa shape index (κ1) is 29.7. The molecule has 0 aliphatic heterocycles. The van der Waals surface area contributed by atoms with Gasteiger partial charge in [-0.2, -0.15) is 0 Å². The van der Waals surface area contributed by atoms with Crippen LogP contribution in [0, 0.1) is 5.92 Å². The topological polar surface area (TPSA) is 161 Å². The van der Waals surface area contributed by atoms with Gasteiger partial charge in [0.2, 0.25) is 11.8 Å². The molecule has 0 unspecified atom stereocenters. The average molecular weight is 494 g/mol. The number of nitrogens with one attached hydrogen (secondary N) is 4. The predicted octanol–water partition coefficient (Wildman–Crippen LogP) is 1.65. The zero-order valence-corrected chi connectivity index (χ0v) is 21.4. The standard InChI is InChI=1S/C24H39N5O6/c1-14(2)21(27-15(3)4)23(32)29-19(8-7-11-26-24(25)33)22(31)28-18-10-9-17(12-20(18)34-6)13-35-16(5)30/h9-10,12,14-15,19,21,27H,7-8,11,13H2,1-6H3,(H,28,31)(H,29,32)(H3,25,26,33)/t19-,21-/m1/s1. The van der Waals surface area contributed by atoms with E-state index in [9.17, 15) is 19.2 Å². The summed E-state index contributed by atoms with van der Waals surface area (Å²) in [7, 11) is 1.46. The van der Waals surface area contributed by atoms with Crippen molar-refractivity contribution in [2.75, 3.05) is 19.0 Å². The Balaban J connectivity index is 3.02. The van der Waals surface area contributed by atoms with Gasteiger partial charge in [0.25, 0.3) is 0 Å². The van der Waals surface area contributed by atoms with Gasteiger partial charge in [0.15, 0.2) is 0 Å². The summed E-state index contributed by atoms with van der Waals surface area (Å²) in [6.45, 7) is 9.40. The summed E-state index contributed by atoms with van der Waals surface area (Å²) >= 11 is 0. The van der Waals surface area contributed by atoms with Gasteiger partial charge in [-0.3, -0.25) is 14.4 Å². The molecule has 0 fully saturated rings. The van der Waals surface area contributed by atoms with Crippen molar-refractivity contribution in [1.29, 1.82) is 0 Å². The molecule has 196 valence electrons. The molecule has 0 aliphatic carbocycles. The molecular weight excluding hydrogens is 454 g/mol. The number of urea groups is 1. The molecule has 35 heavy (non-hydrogen) atoms. The summed E-state index contributed by atoms with van der Waals surface area (Å²) in [4.78, 5) is 48.2. The predicted molar refractivity (Wildman–Crippen MR) is 133 cm³/mol. The van der Waals surface area contributed by atoms with Gasteiger partial charge >= 0.3 is 12.0 Å². The molecule has 1 aromatic rings. The van der Waals surface area contributed by atoms with Crippen molar-refractivity contribution >= 4 is 29.5 Å². The number of carbonyl (C=O) groups is 4. The number of benzene rings is 1. The molecule has 11 heteroatoms. The van der Waals surface area contributed by atoms with E-state index in [0.717, 1.165) is 0 Å². The van der Waals surface area contributed by atoms with Crippen LogP contribution in [0.15, 0.2) is 18.2 Å². The third kappa shape index (κ3) is 11.1. The molecule has 0 bridgehead atoms. The lowest BCUT2D eigenvalue weighted by Crippen LogP contribution is -2.54. The van der Waals surface area contributed by atoms with Crippen LogP contribution in [0.3, 0.4) is 0 Å². The van der Waals surface area contributed by atoms with Crippen molar-refractivity contribution in [3.63, 3.8) is 0 Å². The van der Waals surface area contributed by atoms with Crippen LogP contribution in [0.4, 0.5) is 10.5 Å². The Bertz CT molecular complexity index is 874. The Morgan fingerprint density at radius 3 is 2.29 bits per heavy atom. The second-order valence-corrected chi connectivity index (χ2v) is 8.84. The van der Waals surface area contributed by atoms with Crippen molar-refractivity contribution < 1.29 is 28.7 Å². The van der Waals surface area contributed by atoms with Crippen molar-refractivity contribution in [2.45, 2.75) is 72.2 Å². The smallest absolute Gasteiger partial charge is 0.312 e. The highest BCUT2D eigenvalue weighted by molar-refractivity contribution is 5.98. The molecule has 11 nitrogen and oxygen atoms in total. The highest BCUT2D eigenvalue weighted by atomic mass is 16.5. The molecule has 2 atom stereocenters. The summed E-state index contributed by atoms with van der Waals surface area (Å²) in [5.41, 5.74) is 6.20. The number of anilines is 1. The second-order valence-electron chi connectivity index (χ2n) is 8.84. The van der Waals surface area contributed by atoms with E-state index in [4.69, 9.17) is 15.2 Å². The molecule has 0 saturated heterocycles. The molecule has 0 radical (unpaired) electrons. The molecule has 1 rings (SSSR count). The number of amides is 4. The van der Waals surface area contributed by atoms with Crippen LogP contribution >= 0.6 is 0 Å². The van der Waals surface area contributed by atoms with Gasteiger partial charge in [-0.25, -0.2) is 4.79 Å². The Morgan fingerprint density at radius 2 is 1.74 bits per heavy atom. The van der Waals surface area contributed by atoms with Crippen LogP contribution in [0.1, 0.15) is 53.0 Å². The third-order valence-corrected chi connectivity index (χ3v) is 5.03. The van der Waals surface area contributed by atoms with Crippen molar-refractivity contribution in [3.05, 3.63) is 23.8 Å². The summed E-state index contributed by atoms with van der Waals surface area (Å²) in [5.74, 6) is -0.749. The minimum atomic E-state index is -0.863. The lowest BCUT2D eigenvalue weighted by Gasteiger charge is -2.27. The zero-order valence-electron chi connectivity index (χ0n) is 21.4. The minimum Gasteiger partial charge on any atom is -0.495 e. The Morgan fingerprint density at radius 1 is 1.06 bits per heavy atom. The van der Waals surface area contributed by atoms with Crippen LogP contribution in [0.2, 0.25) is 0 Å². The number of esters is 1. The number of nitrogens with two attached hydrogens (primary N) is 1. The normalized spacial score (nSPS) is 12.6. The number of hydrogen-bond donors (Lipinski definition) is 5. The first-order valence-electron chi connectivity index (χ1n) is 11.6. The van der Waals surface area contributed by atoms with Crippen molar-refractivity contribution in [3.8, 4) is 5.75 Å². The zero-order chi connectivity index (χ0) is 26.5. The summed E-state index contributed by atoms with van der Waals surface area (Å²) in [6, 6.07) is 3.07. The van der Waals surface area contributed by atoms with Gasteiger partial charge in [0.1, 0.15) is 18.4 Å². The van der Waals surface area contributed by atoms with Crippen LogP contribution in [-0.4, -0.2) is 55.6 Å². The van der Waals surface area contributed by atoms with E-state index in [2.05, 4.69) is 21.3 Å². The molecule has 0 saturated carbocycles. The van der Waals surface area contributed by atoms with E-state index in [1.54, 1.807) is 18.2 Å². The van der Waals surface area contributed by atoms with E-state index in [1.165, 1.54) is 14.0 Å². The number of hydrogen-bond acceptors (Lipinski definition) is 7. The lowest BCUT2D eigenvalue weighted by molar-refractivity contribution is -0.142. The molecule has 0 heterocycles. The number of rotatable bonds is 14. The fraction of sp³-hybridized carbons (Fsp3) is 0.583. The van der Waals surface area contributed by atoms with Crippen LogP contribution in [-0.2, 0) is 25.7 Å². The highest BCUT2D eigenvalue weighted by Gasteiger charge is 2.28. The maximum absolute atomic E-state index is 13.2. The minimum absolute atomic E-state index is 0.00231. The quantitative estimate of drug-likeness (QED) is 0.194. The largest absolute Gasteiger partial charge is 0.495 e. The monoisotopic (exact) mass is 493 g/mol. The number of primary amides is 1. The maximum Gasteiger partial charge on any atom is 0.312 e. The summed E-state index contributed by atoms with van der Waals surface area (Å²) in [6.07, 6.45) is 0.695. The first-order chi connectivity index (χ1) is 16.4. The fourth-order valence-electron chi connectivity index (χ4n) is 3.31. The van der Waals surface area contributed by atoms with E-state index in [0.29, 0.717) is 23.4 Å². The molecule has 4 amide bonds. The Labute approximate surface area is 206 Å². The molecule has 0 aliphatic rings. The molecular formula is C24H39N5O6. The van der Waals surface area contributed by atoms with Gasteiger partial charge < -0.3 is 36.5 Å². The van der Waals surface area contributed by atoms with E-state index >= 15 is 0 Å². The van der Waals surface area contributed by atoms with E-state index in [1.807, 2.05) is 27.7 Å². The van der Waals surface area contributed by atoms with Crippen molar-refractivity contribution in [1.82, 2.24) is 16.0 Å². The Kier molecular flexibility index (Phi) is 12.6. The maximum atomic E-state index is 13.2. The molecule has 0 spiro atoms. The second kappa shape index (κ2) is 14.8.